The van der Waals surface area contributed by atoms with Gasteiger partial charge in [-0.3, -0.25) is 9.69 Å². The SMILES string of the molecule is CC(C)(C=C(C#N)C(=O)N1C[C@H](OC(=O)N[C@@H](Cc2ccccc2)B(O)O)[C@@H](F)C1)N1CCC(F)(F)C1. The van der Waals surface area contributed by atoms with Crippen LogP contribution in [0.15, 0.2) is 42.0 Å². The van der Waals surface area contributed by atoms with E-state index in [9.17, 15) is 38.1 Å². The number of halogens is 3. The molecule has 0 saturated carbocycles. The van der Waals surface area contributed by atoms with Gasteiger partial charge in [-0.05, 0) is 31.9 Å². The van der Waals surface area contributed by atoms with Crippen LogP contribution in [0.1, 0.15) is 25.8 Å². The molecule has 0 aromatic heterocycles. The Morgan fingerprint density at radius 1 is 1.32 bits per heavy atom. The van der Waals surface area contributed by atoms with Crippen LogP contribution in [0.5, 0.6) is 0 Å². The van der Waals surface area contributed by atoms with Gasteiger partial charge in [-0.1, -0.05) is 30.3 Å². The van der Waals surface area contributed by atoms with Gasteiger partial charge < -0.3 is 25.0 Å². The zero-order valence-corrected chi connectivity index (χ0v) is 20.6. The predicted molar refractivity (Wildman–Crippen MR) is 128 cm³/mol. The zero-order valence-electron chi connectivity index (χ0n) is 20.6. The summed E-state index contributed by atoms with van der Waals surface area (Å²) in [6.45, 7) is 2.04. The third-order valence-electron chi connectivity index (χ3n) is 6.54. The van der Waals surface area contributed by atoms with Crippen molar-refractivity contribution in [2.75, 3.05) is 26.2 Å². The molecule has 13 heteroatoms. The van der Waals surface area contributed by atoms with Crippen molar-refractivity contribution in [2.45, 2.75) is 56.4 Å². The molecule has 0 bridgehead atoms. The topological polar surface area (TPSA) is 126 Å². The molecule has 2 fully saturated rings. The molecule has 0 aliphatic carbocycles. The minimum Gasteiger partial charge on any atom is -0.441 e. The van der Waals surface area contributed by atoms with Crippen LogP contribution in [0, 0.1) is 11.3 Å². The number of rotatable bonds is 8. The van der Waals surface area contributed by atoms with Crippen molar-refractivity contribution in [3.05, 3.63) is 47.5 Å². The van der Waals surface area contributed by atoms with E-state index in [4.69, 9.17) is 4.74 Å². The highest BCUT2D eigenvalue weighted by Gasteiger charge is 2.44. The number of nitrogens with one attached hydrogen (secondary N) is 1. The van der Waals surface area contributed by atoms with E-state index in [0.29, 0.717) is 0 Å². The molecular formula is C24H30BF3N4O5. The second kappa shape index (κ2) is 11.5. The summed E-state index contributed by atoms with van der Waals surface area (Å²) in [6.07, 6.45) is -3.13. The van der Waals surface area contributed by atoms with E-state index < -0.39 is 61.9 Å². The number of amides is 2. The van der Waals surface area contributed by atoms with Crippen molar-refractivity contribution in [3.63, 3.8) is 0 Å². The first-order valence-electron chi connectivity index (χ1n) is 11.9. The largest absolute Gasteiger partial charge is 0.475 e. The number of carbonyl (C=O) groups is 2. The summed E-state index contributed by atoms with van der Waals surface area (Å²) in [5.74, 6) is -4.78. The van der Waals surface area contributed by atoms with Gasteiger partial charge in [-0.25, -0.2) is 18.0 Å². The van der Waals surface area contributed by atoms with Gasteiger partial charge in [0.25, 0.3) is 11.8 Å². The third kappa shape index (κ3) is 7.47. The molecule has 0 radical (unpaired) electrons. The van der Waals surface area contributed by atoms with Crippen molar-refractivity contribution in [3.8, 4) is 6.07 Å². The second-order valence-corrected chi connectivity index (χ2v) is 9.88. The fraction of sp³-hybridized carbons (Fsp3) is 0.542. The summed E-state index contributed by atoms with van der Waals surface area (Å²) >= 11 is 0. The number of nitriles is 1. The molecule has 2 heterocycles. The number of ether oxygens (including phenoxy) is 1. The minimum atomic E-state index is -2.85. The molecule has 9 nitrogen and oxygen atoms in total. The first kappa shape index (κ1) is 28.5. The van der Waals surface area contributed by atoms with E-state index in [1.807, 2.05) is 0 Å². The van der Waals surface area contributed by atoms with Crippen molar-refractivity contribution >= 4 is 19.1 Å². The van der Waals surface area contributed by atoms with Crippen molar-refractivity contribution in [2.24, 2.45) is 0 Å². The number of likely N-dealkylation sites (tertiary alicyclic amines) is 2. The molecule has 2 saturated heterocycles. The van der Waals surface area contributed by atoms with Gasteiger partial charge in [0, 0.05) is 18.5 Å². The monoisotopic (exact) mass is 522 g/mol. The van der Waals surface area contributed by atoms with Gasteiger partial charge in [0.1, 0.15) is 11.6 Å². The lowest BCUT2D eigenvalue weighted by Crippen LogP contribution is -2.49. The maximum absolute atomic E-state index is 14.6. The number of carbonyl (C=O) groups excluding carboxylic acids is 2. The quantitative estimate of drug-likeness (QED) is 0.268. The molecule has 200 valence electrons. The van der Waals surface area contributed by atoms with E-state index in [1.165, 1.54) is 11.0 Å². The van der Waals surface area contributed by atoms with E-state index in [1.54, 1.807) is 50.2 Å². The molecule has 0 unspecified atom stereocenters. The van der Waals surface area contributed by atoms with Crippen LogP contribution in [0.4, 0.5) is 18.0 Å². The Bertz CT molecular complexity index is 1050. The summed E-state index contributed by atoms with van der Waals surface area (Å²) in [7, 11) is -1.90. The average Bonchev–Trinajstić information content (AvgIpc) is 3.39. The van der Waals surface area contributed by atoms with E-state index >= 15 is 0 Å². The molecule has 0 spiro atoms. The van der Waals surface area contributed by atoms with Gasteiger partial charge >= 0.3 is 13.2 Å². The lowest BCUT2D eigenvalue weighted by atomic mass is 9.76. The van der Waals surface area contributed by atoms with Gasteiger partial charge in [-0.2, -0.15) is 5.26 Å². The normalized spacial score (nSPS) is 22.9. The van der Waals surface area contributed by atoms with Gasteiger partial charge in [-0.15, -0.1) is 0 Å². The van der Waals surface area contributed by atoms with Crippen LogP contribution in [-0.4, -0.2) is 94.8 Å². The lowest BCUT2D eigenvalue weighted by Gasteiger charge is -2.33. The molecule has 3 atom stereocenters. The molecule has 2 aliphatic heterocycles. The van der Waals surface area contributed by atoms with Crippen LogP contribution < -0.4 is 5.32 Å². The number of alkyl halides is 3. The molecule has 37 heavy (non-hydrogen) atoms. The van der Waals surface area contributed by atoms with Crippen molar-refractivity contribution in [1.82, 2.24) is 15.1 Å². The van der Waals surface area contributed by atoms with Crippen LogP contribution in [-0.2, 0) is 16.0 Å². The van der Waals surface area contributed by atoms with E-state index in [-0.39, 0.29) is 31.5 Å². The van der Waals surface area contributed by atoms with Crippen molar-refractivity contribution < 1.29 is 37.5 Å². The highest BCUT2D eigenvalue weighted by atomic mass is 19.3. The summed E-state index contributed by atoms with van der Waals surface area (Å²) in [4.78, 5) is 27.8. The Balaban J connectivity index is 1.61. The fourth-order valence-corrected chi connectivity index (χ4v) is 4.42. The summed E-state index contributed by atoms with van der Waals surface area (Å²) in [5, 5.41) is 31.1. The van der Waals surface area contributed by atoms with Crippen molar-refractivity contribution in [1.29, 1.82) is 5.26 Å². The summed E-state index contributed by atoms with van der Waals surface area (Å²) in [5.41, 5.74) is -0.633. The standard InChI is InChI=1S/C24H30BF3N4O5/c1-23(2,32-9-8-24(27,28)15-32)11-17(12-29)21(33)31-13-18(26)19(14-31)37-22(34)30-20(25(35)36)10-16-6-4-3-5-7-16/h3-7,11,18-20,35-36H,8-10,13-15H2,1-2H3,(H,30,34)/t18-,19-,20-/m0/s1. The smallest absolute Gasteiger partial charge is 0.441 e. The Hall–Kier alpha value is -3.08. The Morgan fingerprint density at radius 3 is 2.57 bits per heavy atom. The lowest BCUT2D eigenvalue weighted by molar-refractivity contribution is -0.126. The third-order valence-corrected chi connectivity index (χ3v) is 6.54. The molecule has 1 aromatic carbocycles. The summed E-state index contributed by atoms with van der Waals surface area (Å²) < 4.78 is 47.1. The molecule has 2 amide bonds. The molecule has 3 rings (SSSR count). The first-order chi connectivity index (χ1) is 17.3. The summed E-state index contributed by atoms with van der Waals surface area (Å²) in [6, 6.07) is 10.5. The minimum absolute atomic E-state index is 0.0804. The maximum Gasteiger partial charge on any atom is 0.475 e. The maximum atomic E-state index is 14.6. The van der Waals surface area contributed by atoms with E-state index in [0.717, 1.165) is 10.5 Å². The number of benzene rings is 1. The second-order valence-electron chi connectivity index (χ2n) is 9.88. The number of hydrogen-bond donors (Lipinski definition) is 3. The highest BCUT2D eigenvalue weighted by Crippen LogP contribution is 2.33. The Kier molecular flexibility index (Phi) is 8.89. The number of nitrogens with zero attached hydrogens (tertiary/aromatic N) is 3. The first-order valence-corrected chi connectivity index (χ1v) is 11.9. The van der Waals surface area contributed by atoms with Gasteiger partial charge in [0.2, 0.25) is 0 Å². The molecular weight excluding hydrogens is 492 g/mol. The zero-order chi connectivity index (χ0) is 27.4. The van der Waals surface area contributed by atoms with Gasteiger partial charge in [0.15, 0.2) is 12.3 Å². The van der Waals surface area contributed by atoms with Crippen LogP contribution >= 0.6 is 0 Å². The van der Waals surface area contributed by atoms with Crippen LogP contribution in [0.3, 0.4) is 0 Å². The van der Waals surface area contributed by atoms with Crippen LogP contribution in [0.25, 0.3) is 0 Å². The number of hydrogen-bond acceptors (Lipinski definition) is 7. The molecule has 3 N–H and O–H groups in total. The highest BCUT2D eigenvalue weighted by molar-refractivity contribution is 6.43. The Labute approximate surface area is 213 Å². The number of alkyl carbamates (subject to hydrolysis) is 1. The van der Waals surface area contributed by atoms with Crippen LogP contribution in [0.2, 0.25) is 0 Å². The van der Waals surface area contributed by atoms with Gasteiger partial charge in [0.05, 0.1) is 25.6 Å². The Morgan fingerprint density at radius 2 is 2.00 bits per heavy atom. The molecule has 1 aromatic rings. The molecule has 2 aliphatic rings. The van der Waals surface area contributed by atoms with E-state index in [2.05, 4.69) is 5.32 Å². The average molecular weight is 522 g/mol. The predicted octanol–water partition coefficient (Wildman–Crippen LogP) is 1.45. The fourth-order valence-electron chi connectivity index (χ4n) is 4.42.